The zero-order valence-corrected chi connectivity index (χ0v) is 11.2. The van der Waals surface area contributed by atoms with Crippen LogP contribution in [0.25, 0.3) is 0 Å². The Kier molecular flexibility index (Phi) is 4.13. The minimum absolute atomic E-state index is 0.222. The Morgan fingerprint density at radius 3 is 2.83 bits per heavy atom. The van der Waals surface area contributed by atoms with Crippen LogP contribution in [-0.2, 0) is 13.5 Å². The average Bonchev–Trinajstić information content (AvgIpc) is 2.75. The molecular weight excluding hydrogens is 275 g/mol. The summed E-state index contributed by atoms with van der Waals surface area (Å²) in [5, 5.41) is 13.0. The van der Waals surface area contributed by atoms with Gasteiger partial charge in [-0.25, -0.2) is 0 Å². The van der Waals surface area contributed by atoms with Gasteiger partial charge in [0.1, 0.15) is 0 Å². The van der Waals surface area contributed by atoms with Crippen LogP contribution in [0.15, 0.2) is 18.2 Å². The largest absolute Gasteiger partial charge is 0.271 e. The van der Waals surface area contributed by atoms with Crippen molar-refractivity contribution in [1.29, 1.82) is 0 Å². The molecule has 0 aliphatic heterocycles. The number of nitrogens with one attached hydrogen (secondary N) is 1. The summed E-state index contributed by atoms with van der Waals surface area (Å²) in [6, 6.07) is 5.00. The molecule has 0 fully saturated rings. The molecule has 0 bridgehead atoms. The second-order valence-electron chi connectivity index (χ2n) is 3.78. The number of benzene rings is 1. The monoisotopic (exact) mass is 286 g/mol. The number of hydrogen-bond donors (Lipinski definition) is 2. The normalized spacial score (nSPS) is 12.7. The Balaban J connectivity index is 2.25. The van der Waals surface area contributed by atoms with Gasteiger partial charge in [0.05, 0.1) is 13.1 Å². The molecule has 2 rings (SSSR count). The van der Waals surface area contributed by atoms with Crippen LogP contribution < -0.4 is 11.3 Å². The van der Waals surface area contributed by atoms with Crippen LogP contribution in [0.3, 0.4) is 0 Å². The molecule has 0 amide bonds. The summed E-state index contributed by atoms with van der Waals surface area (Å²) >= 11 is 12.1. The lowest BCUT2D eigenvalue weighted by Crippen LogP contribution is -2.30. The van der Waals surface area contributed by atoms with E-state index < -0.39 is 0 Å². The molecule has 1 aromatic carbocycles. The molecule has 0 aliphatic rings. The van der Waals surface area contributed by atoms with Gasteiger partial charge in [0, 0.05) is 16.5 Å². The topological polar surface area (TPSA) is 81.7 Å². The van der Waals surface area contributed by atoms with Crippen LogP contribution in [0.4, 0.5) is 0 Å². The Morgan fingerprint density at radius 2 is 2.22 bits per heavy atom. The van der Waals surface area contributed by atoms with Crippen molar-refractivity contribution in [3.8, 4) is 0 Å². The molecule has 18 heavy (non-hydrogen) atoms. The predicted molar refractivity (Wildman–Crippen MR) is 69.0 cm³/mol. The van der Waals surface area contributed by atoms with Crippen molar-refractivity contribution in [3.63, 3.8) is 0 Å². The molecule has 1 unspecified atom stereocenters. The number of aryl methyl sites for hydroxylation is 1. The molecular formula is C10H12Cl2N6. The second kappa shape index (κ2) is 5.62. The molecule has 3 N–H and O–H groups in total. The van der Waals surface area contributed by atoms with E-state index in [-0.39, 0.29) is 6.04 Å². The summed E-state index contributed by atoms with van der Waals surface area (Å²) < 4.78 is 0. The van der Waals surface area contributed by atoms with Crippen LogP contribution in [0.2, 0.25) is 10.0 Å². The van der Waals surface area contributed by atoms with Crippen LogP contribution in [0, 0.1) is 0 Å². The van der Waals surface area contributed by atoms with Crippen molar-refractivity contribution >= 4 is 23.2 Å². The van der Waals surface area contributed by atoms with Gasteiger partial charge in [0.2, 0.25) is 0 Å². The van der Waals surface area contributed by atoms with Gasteiger partial charge in [-0.1, -0.05) is 23.2 Å². The summed E-state index contributed by atoms with van der Waals surface area (Å²) in [7, 11) is 1.70. The number of nitrogens with zero attached hydrogens (tertiary/aromatic N) is 4. The summed E-state index contributed by atoms with van der Waals surface area (Å²) in [6.45, 7) is 0. The molecule has 0 spiro atoms. The van der Waals surface area contributed by atoms with E-state index in [9.17, 15) is 0 Å². The first-order chi connectivity index (χ1) is 8.60. The molecule has 1 aromatic heterocycles. The summed E-state index contributed by atoms with van der Waals surface area (Å²) in [4.78, 5) is 1.39. The molecule has 6 nitrogen and oxygen atoms in total. The number of nitrogens with two attached hydrogens (primary N) is 1. The van der Waals surface area contributed by atoms with E-state index in [0.717, 1.165) is 5.56 Å². The molecule has 0 saturated heterocycles. The van der Waals surface area contributed by atoms with Crippen LogP contribution in [0.5, 0.6) is 0 Å². The van der Waals surface area contributed by atoms with E-state index in [1.54, 1.807) is 25.2 Å². The van der Waals surface area contributed by atoms with E-state index in [1.165, 1.54) is 4.80 Å². The lowest BCUT2D eigenvalue weighted by molar-refractivity contribution is 0.536. The molecule has 1 heterocycles. The number of aromatic nitrogens is 4. The fraction of sp³-hybridized carbons (Fsp3) is 0.300. The third kappa shape index (κ3) is 2.97. The van der Waals surface area contributed by atoms with Gasteiger partial charge in [-0.15, -0.1) is 10.2 Å². The minimum Gasteiger partial charge on any atom is -0.271 e. The van der Waals surface area contributed by atoms with Gasteiger partial charge in [0.15, 0.2) is 5.82 Å². The second-order valence-corrected chi connectivity index (χ2v) is 4.63. The summed E-state index contributed by atoms with van der Waals surface area (Å²) in [5.41, 5.74) is 3.49. The van der Waals surface area contributed by atoms with Gasteiger partial charge in [-0.3, -0.25) is 11.3 Å². The molecule has 96 valence electrons. The quantitative estimate of drug-likeness (QED) is 0.653. The third-order valence-electron chi connectivity index (χ3n) is 2.47. The number of hydrazine groups is 1. The van der Waals surface area contributed by atoms with Crippen molar-refractivity contribution in [3.05, 3.63) is 39.6 Å². The highest BCUT2D eigenvalue weighted by molar-refractivity contribution is 6.33. The highest BCUT2D eigenvalue weighted by atomic mass is 35.5. The molecule has 0 saturated carbocycles. The molecule has 0 aliphatic carbocycles. The van der Waals surface area contributed by atoms with Crippen molar-refractivity contribution < 1.29 is 0 Å². The van der Waals surface area contributed by atoms with Crippen LogP contribution in [-0.4, -0.2) is 20.2 Å². The highest BCUT2D eigenvalue weighted by Crippen LogP contribution is 2.27. The Morgan fingerprint density at radius 1 is 1.44 bits per heavy atom. The van der Waals surface area contributed by atoms with Gasteiger partial charge >= 0.3 is 0 Å². The first-order valence-corrected chi connectivity index (χ1v) is 5.99. The summed E-state index contributed by atoms with van der Waals surface area (Å²) in [5.74, 6) is 6.12. The van der Waals surface area contributed by atoms with Crippen molar-refractivity contribution in [1.82, 2.24) is 25.6 Å². The van der Waals surface area contributed by atoms with E-state index in [0.29, 0.717) is 22.3 Å². The Bertz CT molecular complexity index is 541. The first-order valence-electron chi connectivity index (χ1n) is 5.24. The number of hydrogen-bond acceptors (Lipinski definition) is 5. The fourth-order valence-corrected chi connectivity index (χ4v) is 2.06. The molecule has 0 radical (unpaired) electrons. The molecule has 2 aromatic rings. The number of tetrazole rings is 1. The van der Waals surface area contributed by atoms with E-state index >= 15 is 0 Å². The third-order valence-corrected chi connectivity index (χ3v) is 3.05. The SMILES string of the molecule is Cn1nnc(CC(NN)c2cc(Cl)ccc2Cl)n1. The van der Waals surface area contributed by atoms with Gasteiger partial charge in [0.25, 0.3) is 0 Å². The number of halogens is 2. The molecule has 8 heteroatoms. The Labute approximate surface area is 114 Å². The van der Waals surface area contributed by atoms with E-state index in [4.69, 9.17) is 29.0 Å². The van der Waals surface area contributed by atoms with Gasteiger partial charge in [-0.05, 0) is 29.0 Å². The van der Waals surface area contributed by atoms with Crippen LogP contribution in [0.1, 0.15) is 17.4 Å². The maximum atomic E-state index is 6.13. The summed E-state index contributed by atoms with van der Waals surface area (Å²) in [6.07, 6.45) is 0.477. The van der Waals surface area contributed by atoms with Crippen molar-refractivity contribution in [2.75, 3.05) is 0 Å². The zero-order valence-electron chi connectivity index (χ0n) is 9.64. The van der Waals surface area contributed by atoms with Gasteiger partial charge < -0.3 is 0 Å². The lowest BCUT2D eigenvalue weighted by Gasteiger charge is -2.16. The zero-order chi connectivity index (χ0) is 13.1. The first kappa shape index (κ1) is 13.2. The van der Waals surface area contributed by atoms with Crippen molar-refractivity contribution in [2.45, 2.75) is 12.5 Å². The predicted octanol–water partition coefficient (Wildman–Crippen LogP) is 1.26. The van der Waals surface area contributed by atoms with Gasteiger partial charge in [-0.2, -0.15) is 4.80 Å². The number of rotatable bonds is 4. The van der Waals surface area contributed by atoms with E-state index in [1.807, 2.05) is 0 Å². The highest BCUT2D eigenvalue weighted by Gasteiger charge is 2.17. The lowest BCUT2D eigenvalue weighted by atomic mass is 10.0. The average molecular weight is 287 g/mol. The van der Waals surface area contributed by atoms with Crippen LogP contribution >= 0.6 is 23.2 Å². The maximum Gasteiger partial charge on any atom is 0.176 e. The minimum atomic E-state index is -0.222. The fourth-order valence-electron chi connectivity index (χ4n) is 1.63. The Hall–Kier alpha value is -1.21. The standard InChI is InChI=1S/C10H12Cl2N6/c1-18-16-10(15-17-18)5-9(14-13)7-4-6(11)2-3-8(7)12/h2-4,9,14H,5,13H2,1H3. The smallest absolute Gasteiger partial charge is 0.176 e. The molecule has 1 atom stereocenters. The van der Waals surface area contributed by atoms with E-state index in [2.05, 4.69) is 20.8 Å². The van der Waals surface area contributed by atoms with Crippen molar-refractivity contribution in [2.24, 2.45) is 12.9 Å². The maximum absolute atomic E-state index is 6.13.